The second kappa shape index (κ2) is 12.2. The molecule has 3 aromatic rings. The van der Waals surface area contributed by atoms with Gasteiger partial charge in [0.2, 0.25) is 0 Å². The SMILES string of the molecule is COCCOc1nc(-c2ccc(OC)cc2)n(-c2ccc(NCC(O)COC(C)C)cc2)n1. The Bertz CT molecular complexity index is 974. The van der Waals surface area contributed by atoms with Crippen molar-refractivity contribution in [1.29, 1.82) is 0 Å². The van der Waals surface area contributed by atoms with E-state index < -0.39 is 6.10 Å². The number of nitrogens with zero attached hydrogens (tertiary/aromatic N) is 3. The molecule has 0 radical (unpaired) electrons. The van der Waals surface area contributed by atoms with E-state index in [4.69, 9.17) is 18.9 Å². The van der Waals surface area contributed by atoms with Crippen molar-refractivity contribution in [2.75, 3.05) is 45.9 Å². The molecule has 1 heterocycles. The van der Waals surface area contributed by atoms with Gasteiger partial charge in [0.25, 0.3) is 0 Å². The minimum Gasteiger partial charge on any atom is -0.497 e. The molecular formula is C24H32N4O5. The van der Waals surface area contributed by atoms with Crippen molar-refractivity contribution < 1.29 is 24.1 Å². The van der Waals surface area contributed by atoms with Gasteiger partial charge in [-0.25, -0.2) is 4.68 Å². The number of anilines is 1. The van der Waals surface area contributed by atoms with Gasteiger partial charge in [0.05, 0.1) is 38.2 Å². The first-order valence-electron chi connectivity index (χ1n) is 10.9. The first-order chi connectivity index (χ1) is 16.0. The van der Waals surface area contributed by atoms with Crippen LogP contribution in [-0.2, 0) is 9.47 Å². The molecule has 0 spiro atoms. The van der Waals surface area contributed by atoms with Crippen LogP contribution in [0.4, 0.5) is 5.69 Å². The van der Waals surface area contributed by atoms with Crippen molar-refractivity contribution in [3.05, 3.63) is 48.5 Å². The maximum absolute atomic E-state index is 10.0. The highest BCUT2D eigenvalue weighted by Gasteiger charge is 2.15. The Morgan fingerprint density at radius 1 is 1.00 bits per heavy atom. The van der Waals surface area contributed by atoms with E-state index in [-0.39, 0.29) is 12.1 Å². The summed E-state index contributed by atoms with van der Waals surface area (Å²) in [6.07, 6.45) is -0.499. The highest BCUT2D eigenvalue weighted by molar-refractivity contribution is 5.60. The zero-order valence-corrected chi connectivity index (χ0v) is 19.5. The molecule has 3 rings (SSSR count). The summed E-state index contributed by atoms with van der Waals surface area (Å²) < 4.78 is 23.1. The lowest BCUT2D eigenvalue weighted by Crippen LogP contribution is -2.26. The Balaban J connectivity index is 1.77. The molecule has 0 fully saturated rings. The standard InChI is InChI=1S/C24H32N4O5/c1-17(2)33-16-21(29)15-25-19-7-9-20(10-8-19)28-23(18-5-11-22(31-4)12-6-18)26-24(27-28)32-14-13-30-3/h5-12,17,21,25,29H,13-16H2,1-4H3. The fourth-order valence-electron chi connectivity index (χ4n) is 3.00. The third-order valence-electron chi connectivity index (χ3n) is 4.73. The molecule has 0 saturated heterocycles. The number of aromatic nitrogens is 3. The number of nitrogens with one attached hydrogen (secondary N) is 1. The van der Waals surface area contributed by atoms with Gasteiger partial charge in [-0.05, 0) is 62.4 Å². The van der Waals surface area contributed by atoms with Gasteiger partial charge in [-0.15, -0.1) is 5.10 Å². The third kappa shape index (κ3) is 7.18. The number of hydrogen-bond donors (Lipinski definition) is 2. The smallest absolute Gasteiger partial charge is 0.336 e. The molecular weight excluding hydrogens is 424 g/mol. The van der Waals surface area contributed by atoms with Gasteiger partial charge in [0, 0.05) is 24.9 Å². The van der Waals surface area contributed by atoms with Crippen LogP contribution in [0.15, 0.2) is 48.5 Å². The second-order valence-electron chi connectivity index (χ2n) is 7.66. The molecule has 9 heteroatoms. The van der Waals surface area contributed by atoms with Crippen LogP contribution in [0.5, 0.6) is 11.8 Å². The van der Waals surface area contributed by atoms with Crippen LogP contribution in [0.25, 0.3) is 17.1 Å². The molecule has 178 valence electrons. The zero-order valence-electron chi connectivity index (χ0n) is 19.5. The van der Waals surface area contributed by atoms with E-state index in [1.807, 2.05) is 62.4 Å². The summed E-state index contributed by atoms with van der Waals surface area (Å²) in [7, 11) is 3.25. The highest BCUT2D eigenvalue weighted by atomic mass is 16.5. The first-order valence-corrected chi connectivity index (χ1v) is 10.9. The monoisotopic (exact) mass is 456 g/mol. The number of aliphatic hydroxyl groups excluding tert-OH is 1. The van der Waals surface area contributed by atoms with Crippen molar-refractivity contribution in [2.45, 2.75) is 26.1 Å². The first kappa shape index (κ1) is 24.5. The van der Waals surface area contributed by atoms with E-state index in [0.717, 1.165) is 22.7 Å². The van der Waals surface area contributed by atoms with Crippen molar-refractivity contribution in [1.82, 2.24) is 14.8 Å². The Morgan fingerprint density at radius 2 is 1.73 bits per heavy atom. The maximum Gasteiger partial charge on any atom is 0.336 e. The lowest BCUT2D eigenvalue weighted by Gasteiger charge is -2.15. The molecule has 0 aliphatic heterocycles. The van der Waals surface area contributed by atoms with Crippen molar-refractivity contribution in [3.63, 3.8) is 0 Å². The van der Waals surface area contributed by atoms with Gasteiger partial charge < -0.3 is 29.4 Å². The fourth-order valence-corrected chi connectivity index (χ4v) is 3.00. The van der Waals surface area contributed by atoms with Crippen LogP contribution < -0.4 is 14.8 Å². The second-order valence-corrected chi connectivity index (χ2v) is 7.66. The summed E-state index contributed by atoms with van der Waals surface area (Å²) in [5.74, 6) is 1.41. The molecule has 2 aromatic carbocycles. The van der Waals surface area contributed by atoms with Gasteiger partial charge in [-0.3, -0.25) is 0 Å². The average Bonchev–Trinajstić information content (AvgIpc) is 3.26. The Kier molecular flexibility index (Phi) is 9.05. The van der Waals surface area contributed by atoms with E-state index in [1.54, 1.807) is 18.9 Å². The van der Waals surface area contributed by atoms with Crippen molar-refractivity contribution >= 4 is 5.69 Å². The van der Waals surface area contributed by atoms with Crippen LogP contribution in [0.1, 0.15) is 13.8 Å². The minimum absolute atomic E-state index is 0.0879. The Morgan fingerprint density at radius 3 is 2.36 bits per heavy atom. The molecule has 0 amide bonds. The maximum atomic E-state index is 10.0. The number of benzene rings is 2. The molecule has 1 aromatic heterocycles. The predicted molar refractivity (Wildman–Crippen MR) is 126 cm³/mol. The topological polar surface area (TPSA) is 99.9 Å². The van der Waals surface area contributed by atoms with Gasteiger partial charge in [0.15, 0.2) is 5.82 Å². The summed E-state index contributed by atoms with van der Waals surface area (Å²) in [5, 5.41) is 17.8. The molecule has 2 N–H and O–H groups in total. The summed E-state index contributed by atoms with van der Waals surface area (Å²) in [6, 6.07) is 15.6. The predicted octanol–water partition coefficient (Wildman–Crippen LogP) is 3.17. The van der Waals surface area contributed by atoms with Gasteiger partial charge in [-0.2, -0.15) is 4.98 Å². The average molecular weight is 457 g/mol. The molecule has 0 bridgehead atoms. The van der Waals surface area contributed by atoms with Crippen LogP contribution in [0, 0.1) is 0 Å². The van der Waals surface area contributed by atoms with Crippen LogP contribution in [0.2, 0.25) is 0 Å². The number of ether oxygens (including phenoxy) is 4. The van der Waals surface area contributed by atoms with Crippen molar-refractivity contribution in [2.24, 2.45) is 0 Å². The van der Waals surface area contributed by atoms with Gasteiger partial charge in [-0.1, -0.05) is 0 Å². The molecule has 0 aliphatic rings. The molecule has 0 aliphatic carbocycles. The molecule has 1 unspecified atom stereocenters. The Labute approximate surface area is 194 Å². The molecule has 9 nitrogen and oxygen atoms in total. The lowest BCUT2D eigenvalue weighted by molar-refractivity contribution is 0.0112. The number of aliphatic hydroxyl groups is 1. The van der Waals surface area contributed by atoms with E-state index >= 15 is 0 Å². The normalized spacial score (nSPS) is 12.1. The van der Waals surface area contributed by atoms with E-state index in [9.17, 15) is 5.11 Å². The summed E-state index contributed by atoms with van der Waals surface area (Å²) in [6.45, 7) is 5.37. The number of rotatable bonds is 13. The van der Waals surface area contributed by atoms with E-state index in [1.165, 1.54) is 0 Å². The van der Waals surface area contributed by atoms with Crippen molar-refractivity contribution in [3.8, 4) is 28.8 Å². The lowest BCUT2D eigenvalue weighted by atomic mass is 10.2. The quantitative estimate of drug-likeness (QED) is 0.379. The highest BCUT2D eigenvalue weighted by Crippen LogP contribution is 2.26. The molecule has 33 heavy (non-hydrogen) atoms. The van der Waals surface area contributed by atoms with E-state index in [2.05, 4.69) is 15.4 Å². The minimum atomic E-state index is -0.587. The number of methoxy groups -OCH3 is 2. The largest absolute Gasteiger partial charge is 0.497 e. The van der Waals surface area contributed by atoms with Gasteiger partial charge >= 0.3 is 6.01 Å². The summed E-state index contributed by atoms with van der Waals surface area (Å²) >= 11 is 0. The van der Waals surface area contributed by atoms with Crippen LogP contribution in [-0.4, -0.2) is 72.7 Å². The number of hydrogen-bond acceptors (Lipinski definition) is 8. The summed E-state index contributed by atoms with van der Waals surface area (Å²) in [5.41, 5.74) is 2.58. The third-order valence-corrected chi connectivity index (χ3v) is 4.73. The Hall–Kier alpha value is -3.14. The summed E-state index contributed by atoms with van der Waals surface area (Å²) in [4.78, 5) is 4.57. The van der Waals surface area contributed by atoms with E-state index in [0.29, 0.717) is 32.2 Å². The zero-order chi connectivity index (χ0) is 23.6. The van der Waals surface area contributed by atoms with Gasteiger partial charge in [0.1, 0.15) is 12.4 Å². The van der Waals surface area contributed by atoms with Crippen LogP contribution >= 0.6 is 0 Å². The van der Waals surface area contributed by atoms with Crippen LogP contribution in [0.3, 0.4) is 0 Å². The fraction of sp³-hybridized carbons (Fsp3) is 0.417. The molecule has 0 saturated carbocycles. The molecule has 1 atom stereocenters.